The maximum atomic E-state index is 12.1. The lowest BCUT2D eigenvalue weighted by Crippen LogP contribution is -2.41. The molecule has 0 aromatic rings. The largest absolute Gasteiger partial charge is 0.508 e. The summed E-state index contributed by atoms with van der Waals surface area (Å²) in [6, 6.07) is 0. The van der Waals surface area contributed by atoms with Crippen molar-refractivity contribution in [2.75, 3.05) is 27.4 Å². The van der Waals surface area contributed by atoms with Gasteiger partial charge in [-0.25, -0.2) is 4.79 Å². The number of ether oxygens (including phenoxy) is 4. The molecule has 0 N–H and O–H groups in total. The van der Waals surface area contributed by atoms with E-state index in [1.807, 2.05) is 0 Å². The Morgan fingerprint density at radius 2 is 1.54 bits per heavy atom. The van der Waals surface area contributed by atoms with Crippen molar-refractivity contribution in [1.29, 1.82) is 0 Å². The number of esters is 2. The van der Waals surface area contributed by atoms with E-state index in [1.165, 1.54) is 19.1 Å². The average molecular weight is 344 g/mol. The van der Waals surface area contributed by atoms with Crippen LogP contribution < -0.4 is 0 Å². The first kappa shape index (κ1) is 21.6. The standard InChI is InChI=1S/C16H24O8/c1-5-23-15(20)24-11-7-6-9-16(13(18)21-3,14(19)22-4)10-8-12(2)17/h6-7H,5,8-11H2,1-4H3/b7-6+. The predicted octanol–water partition coefficient (Wildman–Crippen LogP) is 1.81. The Balaban J connectivity index is 5.03. The zero-order valence-corrected chi connectivity index (χ0v) is 14.5. The molecule has 0 aromatic heterocycles. The van der Waals surface area contributed by atoms with Gasteiger partial charge in [0.05, 0.1) is 20.8 Å². The van der Waals surface area contributed by atoms with Crippen LogP contribution in [-0.2, 0) is 33.3 Å². The van der Waals surface area contributed by atoms with Gasteiger partial charge in [0.15, 0.2) is 5.41 Å². The first-order chi connectivity index (χ1) is 11.3. The summed E-state index contributed by atoms with van der Waals surface area (Å²) in [5.74, 6) is -1.74. The number of Topliss-reactive ketones (excluding diaryl/α,β-unsaturated/α-hetero) is 1. The maximum absolute atomic E-state index is 12.1. The summed E-state index contributed by atoms with van der Waals surface area (Å²) in [5.41, 5.74) is -1.62. The van der Waals surface area contributed by atoms with Crippen LogP contribution in [0.2, 0.25) is 0 Å². The van der Waals surface area contributed by atoms with Crippen LogP contribution in [0.4, 0.5) is 4.79 Å². The van der Waals surface area contributed by atoms with Crippen molar-refractivity contribution in [1.82, 2.24) is 0 Å². The monoisotopic (exact) mass is 344 g/mol. The van der Waals surface area contributed by atoms with Gasteiger partial charge in [0.1, 0.15) is 12.4 Å². The fourth-order valence-electron chi connectivity index (χ4n) is 1.96. The SMILES string of the molecule is CCOC(=O)OC/C=C/CC(CCC(C)=O)(C(=O)OC)C(=O)OC. The summed E-state index contributed by atoms with van der Waals surface area (Å²) in [5, 5.41) is 0. The van der Waals surface area contributed by atoms with E-state index in [1.54, 1.807) is 6.92 Å². The maximum Gasteiger partial charge on any atom is 0.508 e. The smallest absolute Gasteiger partial charge is 0.468 e. The fraction of sp³-hybridized carbons (Fsp3) is 0.625. The molecule has 0 fully saturated rings. The molecule has 136 valence electrons. The second kappa shape index (κ2) is 11.2. The first-order valence-corrected chi connectivity index (χ1v) is 7.44. The Morgan fingerprint density at radius 3 is 2.00 bits per heavy atom. The third kappa shape index (κ3) is 6.80. The van der Waals surface area contributed by atoms with E-state index in [9.17, 15) is 19.2 Å². The minimum absolute atomic E-state index is 0.0252. The number of hydrogen-bond donors (Lipinski definition) is 0. The van der Waals surface area contributed by atoms with E-state index in [4.69, 9.17) is 14.2 Å². The van der Waals surface area contributed by atoms with Crippen molar-refractivity contribution in [2.45, 2.75) is 33.1 Å². The van der Waals surface area contributed by atoms with Crippen LogP contribution >= 0.6 is 0 Å². The molecule has 0 aliphatic rings. The lowest BCUT2D eigenvalue weighted by Gasteiger charge is -2.26. The summed E-state index contributed by atoms with van der Waals surface area (Å²) in [7, 11) is 2.31. The van der Waals surface area contributed by atoms with E-state index in [-0.39, 0.29) is 38.3 Å². The van der Waals surface area contributed by atoms with Gasteiger partial charge in [-0.3, -0.25) is 9.59 Å². The summed E-state index contributed by atoms with van der Waals surface area (Å²) >= 11 is 0. The third-order valence-electron chi connectivity index (χ3n) is 3.25. The van der Waals surface area contributed by atoms with E-state index in [0.717, 1.165) is 14.2 Å². The lowest BCUT2D eigenvalue weighted by molar-refractivity contribution is -0.169. The molecule has 0 unspecified atom stereocenters. The summed E-state index contributed by atoms with van der Waals surface area (Å²) in [4.78, 5) is 46.5. The Bertz CT molecular complexity index is 464. The second-order valence-electron chi connectivity index (χ2n) is 4.94. The molecule has 0 rings (SSSR count). The number of carbonyl (C=O) groups is 4. The molecule has 0 saturated heterocycles. The average Bonchev–Trinajstić information content (AvgIpc) is 2.56. The van der Waals surface area contributed by atoms with Gasteiger partial charge in [0.25, 0.3) is 0 Å². The summed E-state index contributed by atoms with van der Waals surface area (Å²) in [6.07, 6.45) is 2.08. The van der Waals surface area contributed by atoms with E-state index < -0.39 is 23.5 Å². The quantitative estimate of drug-likeness (QED) is 0.256. The van der Waals surface area contributed by atoms with Crippen LogP contribution in [0.25, 0.3) is 0 Å². The van der Waals surface area contributed by atoms with Crippen LogP contribution in [0.3, 0.4) is 0 Å². The molecule has 0 spiro atoms. The molecule has 0 aliphatic heterocycles. The van der Waals surface area contributed by atoms with Gasteiger partial charge in [-0.1, -0.05) is 12.2 Å². The highest BCUT2D eigenvalue weighted by molar-refractivity contribution is 6.00. The Morgan fingerprint density at radius 1 is 0.958 bits per heavy atom. The van der Waals surface area contributed by atoms with Crippen LogP contribution in [0.1, 0.15) is 33.1 Å². The highest BCUT2D eigenvalue weighted by Gasteiger charge is 2.47. The number of allylic oxidation sites excluding steroid dienone is 1. The van der Waals surface area contributed by atoms with Crippen molar-refractivity contribution < 1.29 is 38.1 Å². The molecule has 0 amide bonds. The minimum Gasteiger partial charge on any atom is -0.468 e. The van der Waals surface area contributed by atoms with Crippen molar-refractivity contribution in [3.05, 3.63) is 12.2 Å². The van der Waals surface area contributed by atoms with Crippen LogP contribution in [0.5, 0.6) is 0 Å². The van der Waals surface area contributed by atoms with Gasteiger partial charge in [-0.2, -0.15) is 0 Å². The van der Waals surface area contributed by atoms with Crippen LogP contribution in [0.15, 0.2) is 12.2 Å². The van der Waals surface area contributed by atoms with Crippen LogP contribution in [-0.4, -0.2) is 51.3 Å². The van der Waals surface area contributed by atoms with Gasteiger partial charge in [0, 0.05) is 6.42 Å². The number of hydrogen-bond acceptors (Lipinski definition) is 8. The molecular weight excluding hydrogens is 320 g/mol. The zero-order chi connectivity index (χ0) is 18.6. The van der Waals surface area contributed by atoms with Crippen molar-refractivity contribution in [3.63, 3.8) is 0 Å². The lowest BCUT2D eigenvalue weighted by atomic mass is 9.79. The first-order valence-electron chi connectivity index (χ1n) is 7.44. The van der Waals surface area contributed by atoms with E-state index in [2.05, 4.69) is 4.74 Å². The highest BCUT2D eigenvalue weighted by Crippen LogP contribution is 2.32. The van der Waals surface area contributed by atoms with Crippen molar-refractivity contribution in [2.24, 2.45) is 5.41 Å². The molecular formula is C16H24O8. The van der Waals surface area contributed by atoms with Crippen molar-refractivity contribution >= 4 is 23.9 Å². The topological polar surface area (TPSA) is 105 Å². The van der Waals surface area contributed by atoms with Crippen LogP contribution in [0, 0.1) is 5.41 Å². The molecule has 8 nitrogen and oxygen atoms in total. The molecule has 24 heavy (non-hydrogen) atoms. The molecule has 0 aliphatic carbocycles. The normalized spacial score (nSPS) is 11.0. The predicted molar refractivity (Wildman–Crippen MR) is 83.1 cm³/mol. The highest BCUT2D eigenvalue weighted by atomic mass is 16.7. The number of methoxy groups -OCH3 is 2. The fourth-order valence-corrected chi connectivity index (χ4v) is 1.96. The number of rotatable bonds is 10. The Labute approximate surface area is 141 Å². The third-order valence-corrected chi connectivity index (χ3v) is 3.25. The van der Waals surface area contributed by atoms with Gasteiger partial charge >= 0.3 is 18.1 Å². The second-order valence-corrected chi connectivity index (χ2v) is 4.94. The van der Waals surface area contributed by atoms with Gasteiger partial charge < -0.3 is 23.7 Å². The molecule has 0 aromatic carbocycles. The van der Waals surface area contributed by atoms with E-state index in [0.29, 0.717) is 0 Å². The van der Waals surface area contributed by atoms with Gasteiger partial charge in [0.2, 0.25) is 0 Å². The molecule has 8 heteroatoms. The van der Waals surface area contributed by atoms with Gasteiger partial charge in [-0.15, -0.1) is 0 Å². The number of ketones is 1. The molecule has 0 bridgehead atoms. The Kier molecular flexibility index (Phi) is 10.1. The Hall–Kier alpha value is -2.38. The minimum atomic E-state index is -1.62. The summed E-state index contributed by atoms with van der Waals surface area (Å²) < 4.78 is 18.7. The molecule has 0 heterocycles. The van der Waals surface area contributed by atoms with Gasteiger partial charge in [-0.05, 0) is 26.7 Å². The number of carbonyl (C=O) groups excluding carboxylic acids is 4. The van der Waals surface area contributed by atoms with E-state index >= 15 is 0 Å². The summed E-state index contributed by atoms with van der Waals surface area (Å²) in [6.45, 7) is 3.13. The molecule has 0 atom stereocenters. The van der Waals surface area contributed by atoms with Crippen molar-refractivity contribution in [3.8, 4) is 0 Å². The molecule has 0 radical (unpaired) electrons. The molecule has 0 saturated carbocycles. The zero-order valence-electron chi connectivity index (χ0n) is 14.5.